The van der Waals surface area contributed by atoms with Crippen molar-refractivity contribution in [3.8, 4) is 0 Å². The number of nitrogens with zero attached hydrogens (tertiary/aromatic N) is 6. The highest BCUT2D eigenvalue weighted by atomic mass is 15.3. The molecule has 6 heteroatoms. The van der Waals surface area contributed by atoms with Crippen molar-refractivity contribution in [2.45, 2.75) is 25.4 Å². The molecule has 4 heterocycles. The Labute approximate surface area is 122 Å². The molecule has 1 aliphatic rings. The van der Waals surface area contributed by atoms with Crippen LogP contribution in [0.5, 0.6) is 0 Å². The zero-order valence-electron chi connectivity index (χ0n) is 11.6. The van der Waals surface area contributed by atoms with Gasteiger partial charge in [0.15, 0.2) is 5.82 Å². The molecule has 3 aromatic heterocycles. The van der Waals surface area contributed by atoms with Crippen LogP contribution in [0.1, 0.15) is 30.4 Å². The van der Waals surface area contributed by atoms with Gasteiger partial charge in [-0.1, -0.05) is 6.07 Å². The monoisotopic (exact) mass is 280 g/mol. The van der Waals surface area contributed by atoms with E-state index in [0.717, 1.165) is 31.0 Å². The Morgan fingerprint density at radius 2 is 2.10 bits per heavy atom. The summed E-state index contributed by atoms with van der Waals surface area (Å²) >= 11 is 0. The molecule has 0 bridgehead atoms. The first-order valence-electron chi connectivity index (χ1n) is 7.21. The lowest BCUT2D eigenvalue weighted by molar-refractivity contribution is 0.238. The molecule has 0 amide bonds. The molecule has 0 aliphatic carbocycles. The fourth-order valence-corrected chi connectivity index (χ4v) is 2.95. The van der Waals surface area contributed by atoms with Gasteiger partial charge >= 0.3 is 0 Å². The molecule has 6 nitrogen and oxygen atoms in total. The summed E-state index contributed by atoms with van der Waals surface area (Å²) in [4.78, 5) is 15.6. The van der Waals surface area contributed by atoms with E-state index in [-0.39, 0.29) is 0 Å². The Bertz CT molecular complexity index is 705. The highest BCUT2D eigenvalue weighted by molar-refractivity contribution is 5.25. The zero-order chi connectivity index (χ0) is 14.1. The van der Waals surface area contributed by atoms with E-state index in [1.807, 2.05) is 30.6 Å². The van der Waals surface area contributed by atoms with E-state index in [4.69, 9.17) is 0 Å². The molecule has 0 aromatic carbocycles. The maximum atomic E-state index is 4.50. The highest BCUT2D eigenvalue weighted by Crippen LogP contribution is 2.31. The Kier molecular flexibility index (Phi) is 3.08. The van der Waals surface area contributed by atoms with E-state index in [2.05, 4.69) is 31.0 Å². The second-order valence-electron chi connectivity index (χ2n) is 5.28. The van der Waals surface area contributed by atoms with E-state index in [9.17, 15) is 0 Å². The van der Waals surface area contributed by atoms with Crippen molar-refractivity contribution in [1.29, 1.82) is 0 Å². The Balaban J connectivity index is 1.58. The average Bonchev–Trinajstić information content (AvgIpc) is 3.14. The van der Waals surface area contributed by atoms with E-state index >= 15 is 0 Å². The van der Waals surface area contributed by atoms with Crippen LogP contribution in [-0.2, 0) is 6.54 Å². The lowest BCUT2D eigenvalue weighted by atomic mass is 10.1. The van der Waals surface area contributed by atoms with Gasteiger partial charge in [0.05, 0.1) is 18.3 Å². The summed E-state index contributed by atoms with van der Waals surface area (Å²) in [5.41, 5.74) is 1.14. The predicted octanol–water partition coefficient (Wildman–Crippen LogP) is 1.86. The van der Waals surface area contributed by atoms with E-state index in [1.165, 1.54) is 6.42 Å². The van der Waals surface area contributed by atoms with Gasteiger partial charge in [0.1, 0.15) is 0 Å². The van der Waals surface area contributed by atoms with Crippen molar-refractivity contribution >= 4 is 5.78 Å². The lowest BCUT2D eigenvalue weighted by Crippen LogP contribution is -2.24. The second-order valence-corrected chi connectivity index (χ2v) is 5.28. The minimum atomic E-state index is 0.366. The molecule has 3 aromatic rings. The molecule has 1 fully saturated rings. The van der Waals surface area contributed by atoms with Crippen molar-refractivity contribution in [2.75, 3.05) is 6.54 Å². The fraction of sp³-hybridized carbons (Fsp3) is 0.333. The van der Waals surface area contributed by atoms with Crippen LogP contribution in [0.25, 0.3) is 5.78 Å². The standard InChI is InChI=1S/C15H16N6/c1-2-7-16-12(5-1)13-6-3-9-20(13)11-14-18-15-17-8-4-10-21(15)19-14/h1-2,4-5,7-8,10,13H,3,6,9,11H2/t13-/m0/s1. The SMILES string of the molecule is c1ccc([C@@H]2CCCN2Cc2nc3ncccn3n2)nc1. The van der Waals surface area contributed by atoms with Gasteiger partial charge in [-0.05, 0) is 37.6 Å². The van der Waals surface area contributed by atoms with Crippen LogP contribution in [0.15, 0.2) is 42.9 Å². The van der Waals surface area contributed by atoms with Gasteiger partial charge in [0, 0.05) is 18.6 Å². The lowest BCUT2D eigenvalue weighted by Gasteiger charge is -2.22. The van der Waals surface area contributed by atoms with E-state index in [1.54, 1.807) is 10.7 Å². The number of rotatable bonds is 3. The average molecular weight is 280 g/mol. The van der Waals surface area contributed by atoms with Crippen molar-refractivity contribution in [3.63, 3.8) is 0 Å². The second kappa shape index (κ2) is 5.21. The molecule has 0 unspecified atom stereocenters. The molecule has 0 saturated carbocycles. The third-order valence-electron chi connectivity index (χ3n) is 3.90. The number of pyridine rings is 1. The van der Waals surface area contributed by atoms with E-state index in [0.29, 0.717) is 11.8 Å². The summed E-state index contributed by atoms with van der Waals surface area (Å²) in [5.74, 6) is 1.47. The normalized spacial score (nSPS) is 19.3. The Hall–Kier alpha value is -2.34. The quantitative estimate of drug-likeness (QED) is 0.733. The Morgan fingerprint density at radius 3 is 2.95 bits per heavy atom. The minimum absolute atomic E-state index is 0.366. The summed E-state index contributed by atoms with van der Waals surface area (Å²) in [6.45, 7) is 1.80. The first kappa shape index (κ1) is 12.4. The third kappa shape index (κ3) is 2.38. The van der Waals surface area contributed by atoms with Crippen LogP contribution >= 0.6 is 0 Å². The zero-order valence-corrected chi connectivity index (χ0v) is 11.6. The van der Waals surface area contributed by atoms with Crippen molar-refractivity contribution in [1.82, 2.24) is 29.5 Å². The minimum Gasteiger partial charge on any atom is -0.287 e. The largest absolute Gasteiger partial charge is 0.287 e. The molecule has 4 rings (SSSR count). The van der Waals surface area contributed by atoms with Gasteiger partial charge in [0.2, 0.25) is 0 Å². The van der Waals surface area contributed by atoms with Crippen LogP contribution in [0.4, 0.5) is 0 Å². The number of hydrogen-bond donors (Lipinski definition) is 0. The smallest absolute Gasteiger partial charge is 0.252 e. The highest BCUT2D eigenvalue weighted by Gasteiger charge is 2.27. The summed E-state index contributed by atoms with van der Waals surface area (Å²) in [7, 11) is 0. The molecule has 1 saturated heterocycles. The van der Waals surface area contributed by atoms with Crippen LogP contribution in [0.3, 0.4) is 0 Å². The van der Waals surface area contributed by atoms with Crippen molar-refractivity contribution < 1.29 is 0 Å². The third-order valence-corrected chi connectivity index (χ3v) is 3.90. The fourth-order valence-electron chi connectivity index (χ4n) is 2.95. The van der Waals surface area contributed by atoms with Crippen molar-refractivity contribution in [2.24, 2.45) is 0 Å². The molecular formula is C15H16N6. The maximum absolute atomic E-state index is 4.50. The molecule has 106 valence electrons. The molecule has 0 N–H and O–H groups in total. The molecule has 0 radical (unpaired) electrons. The van der Waals surface area contributed by atoms with Gasteiger partial charge in [-0.3, -0.25) is 9.88 Å². The summed E-state index contributed by atoms with van der Waals surface area (Å²) in [6, 6.07) is 8.33. The summed E-state index contributed by atoms with van der Waals surface area (Å²) in [5, 5.41) is 4.49. The van der Waals surface area contributed by atoms with E-state index < -0.39 is 0 Å². The molecule has 21 heavy (non-hydrogen) atoms. The van der Waals surface area contributed by atoms with Gasteiger partial charge in [-0.2, -0.15) is 4.98 Å². The molecule has 0 spiro atoms. The van der Waals surface area contributed by atoms with Crippen LogP contribution < -0.4 is 0 Å². The number of fused-ring (bicyclic) bond motifs is 1. The first-order chi connectivity index (χ1) is 10.4. The predicted molar refractivity (Wildman–Crippen MR) is 77.4 cm³/mol. The van der Waals surface area contributed by atoms with Gasteiger partial charge in [-0.15, -0.1) is 5.10 Å². The number of likely N-dealkylation sites (tertiary alicyclic amines) is 1. The van der Waals surface area contributed by atoms with Gasteiger partial charge < -0.3 is 0 Å². The molecular weight excluding hydrogens is 264 g/mol. The topological polar surface area (TPSA) is 59.2 Å². The maximum Gasteiger partial charge on any atom is 0.252 e. The number of aromatic nitrogens is 5. The summed E-state index contributed by atoms with van der Waals surface area (Å²) < 4.78 is 1.72. The van der Waals surface area contributed by atoms with Crippen LogP contribution in [-0.4, -0.2) is 36.0 Å². The van der Waals surface area contributed by atoms with Gasteiger partial charge in [-0.25, -0.2) is 9.50 Å². The number of hydrogen-bond acceptors (Lipinski definition) is 5. The van der Waals surface area contributed by atoms with Crippen LogP contribution in [0, 0.1) is 0 Å². The summed E-state index contributed by atoms with van der Waals surface area (Å²) in [6.07, 6.45) is 7.80. The van der Waals surface area contributed by atoms with Crippen LogP contribution in [0.2, 0.25) is 0 Å². The molecule has 1 atom stereocenters. The molecule has 1 aliphatic heterocycles. The van der Waals surface area contributed by atoms with Gasteiger partial charge in [0.25, 0.3) is 5.78 Å². The Morgan fingerprint density at radius 1 is 1.14 bits per heavy atom. The van der Waals surface area contributed by atoms with Crippen molar-refractivity contribution in [3.05, 3.63) is 54.4 Å². The first-order valence-corrected chi connectivity index (χ1v) is 7.21.